The molecule has 1 fully saturated rings. The molecule has 0 unspecified atom stereocenters. The number of aryl methyl sites for hydroxylation is 2. The molecule has 0 aliphatic carbocycles. The number of hydrogen-bond acceptors (Lipinski definition) is 7. The molecule has 1 aliphatic rings. The summed E-state index contributed by atoms with van der Waals surface area (Å²) in [6.45, 7) is 4.90. The van der Waals surface area contributed by atoms with E-state index < -0.39 is 0 Å². The lowest BCUT2D eigenvalue weighted by molar-refractivity contribution is 0.122. The first-order valence-corrected chi connectivity index (χ1v) is 11.7. The number of anilines is 3. The maximum Gasteiger partial charge on any atom is 0.228 e. The second-order valence-electron chi connectivity index (χ2n) is 8.62. The summed E-state index contributed by atoms with van der Waals surface area (Å²) in [6, 6.07) is 16.5. The van der Waals surface area contributed by atoms with Crippen LogP contribution in [0.15, 0.2) is 60.9 Å². The maximum atomic E-state index is 5.54. The molecular weight excluding hydrogens is 440 g/mol. The number of aromatic nitrogens is 6. The smallest absolute Gasteiger partial charge is 0.228 e. The maximum absolute atomic E-state index is 5.54. The number of H-pyrrole nitrogens is 1. The van der Waals surface area contributed by atoms with E-state index in [1.54, 1.807) is 6.20 Å². The normalized spacial score (nSPS) is 13.9. The first-order valence-electron chi connectivity index (χ1n) is 11.7. The second-order valence-corrected chi connectivity index (χ2v) is 8.62. The highest BCUT2D eigenvalue weighted by atomic mass is 16.5. The fraction of sp³-hybridized carbons (Fsp3) is 0.231. The van der Waals surface area contributed by atoms with Crippen molar-refractivity contribution in [1.82, 2.24) is 29.7 Å². The van der Waals surface area contributed by atoms with Gasteiger partial charge in [0.15, 0.2) is 0 Å². The lowest BCUT2D eigenvalue weighted by Crippen LogP contribution is -2.37. The summed E-state index contributed by atoms with van der Waals surface area (Å²) in [6.07, 6.45) is 3.57. The Kier molecular flexibility index (Phi) is 5.38. The molecule has 2 N–H and O–H groups in total. The van der Waals surface area contributed by atoms with E-state index in [9.17, 15) is 0 Å². The number of nitrogens with one attached hydrogen (secondary N) is 2. The van der Waals surface area contributed by atoms with Crippen molar-refractivity contribution in [3.63, 3.8) is 0 Å². The molecule has 0 amide bonds. The average molecular weight is 467 g/mol. The Morgan fingerprint density at radius 1 is 0.971 bits per heavy atom. The van der Waals surface area contributed by atoms with Crippen molar-refractivity contribution in [1.29, 1.82) is 0 Å². The van der Waals surface area contributed by atoms with Gasteiger partial charge >= 0.3 is 0 Å². The Morgan fingerprint density at radius 2 is 1.77 bits per heavy atom. The molecule has 0 saturated carbocycles. The van der Waals surface area contributed by atoms with Gasteiger partial charge in [-0.25, -0.2) is 9.97 Å². The van der Waals surface area contributed by atoms with E-state index in [1.165, 1.54) is 0 Å². The molecule has 5 aromatic rings. The zero-order valence-electron chi connectivity index (χ0n) is 19.7. The molecule has 0 atom stereocenters. The second kappa shape index (κ2) is 8.84. The fourth-order valence-electron chi connectivity index (χ4n) is 4.43. The van der Waals surface area contributed by atoms with E-state index in [-0.39, 0.29) is 0 Å². The number of benzene rings is 2. The van der Waals surface area contributed by atoms with Gasteiger partial charge in [-0.1, -0.05) is 12.1 Å². The number of rotatable bonds is 5. The number of aromatic amines is 1. The summed E-state index contributed by atoms with van der Waals surface area (Å²) in [7, 11) is 1.97. The van der Waals surface area contributed by atoms with Crippen molar-refractivity contribution in [2.75, 3.05) is 36.5 Å². The summed E-state index contributed by atoms with van der Waals surface area (Å²) in [5, 5.41) is 9.17. The third kappa shape index (κ3) is 4.22. The SMILES string of the molecule is Cc1nn(C)c2cc(-c3cc(Nc4ccc(-c5ncc[nH]5)cc4)nc(N4CCOCC4)n3)ccc12. The Bertz CT molecular complexity index is 1470. The van der Waals surface area contributed by atoms with Crippen LogP contribution in [0, 0.1) is 6.92 Å². The molecule has 176 valence electrons. The monoisotopic (exact) mass is 466 g/mol. The summed E-state index contributed by atoms with van der Waals surface area (Å²) in [5.74, 6) is 2.28. The van der Waals surface area contributed by atoms with Gasteiger partial charge in [0.1, 0.15) is 11.6 Å². The number of hydrogen-bond donors (Lipinski definition) is 2. The van der Waals surface area contributed by atoms with Crippen molar-refractivity contribution in [3.05, 3.63) is 66.6 Å². The zero-order valence-corrected chi connectivity index (χ0v) is 19.7. The standard InChI is InChI=1S/C26H26N8O/c1-17-21-8-5-19(15-23(21)33(2)32-17)22-16-24(31-26(30-22)34-11-13-35-14-12-34)29-20-6-3-18(4-7-20)25-27-9-10-28-25/h3-10,15-16H,11-14H2,1-2H3,(H,27,28)(H,29,30,31). The molecule has 35 heavy (non-hydrogen) atoms. The number of ether oxygens (including phenoxy) is 1. The molecule has 2 aromatic carbocycles. The van der Waals surface area contributed by atoms with Gasteiger partial charge in [0.05, 0.1) is 30.1 Å². The van der Waals surface area contributed by atoms with Gasteiger partial charge < -0.3 is 19.9 Å². The topological polar surface area (TPSA) is 96.8 Å². The Labute approximate surface area is 202 Å². The largest absolute Gasteiger partial charge is 0.378 e. The van der Waals surface area contributed by atoms with E-state index in [2.05, 4.69) is 43.5 Å². The van der Waals surface area contributed by atoms with Crippen molar-refractivity contribution in [3.8, 4) is 22.6 Å². The number of imidazole rings is 1. The molecule has 0 radical (unpaired) electrons. The van der Waals surface area contributed by atoms with Gasteiger partial charge in [-0.2, -0.15) is 10.1 Å². The molecule has 0 spiro atoms. The van der Waals surface area contributed by atoms with Gasteiger partial charge in [0.25, 0.3) is 0 Å². The highest BCUT2D eigenvalue weighted by Gasteiger charge is 2.17. The Morgan fingerprint density at radius 3 is 2.54 bits per heavy atom. The highest BCUT2D eigenvalue weighted by Crippen LogP contribution is 2.29. The molecular formula is C26H26N8O. The van der Waals surface area contributed by atoms with Crippen LogP contribution < -0.4 is 10.2 Å². The van der Waals surface area contributed by atoms with Crippen LogP contribution >= 0.6 is 0 Å². The number of fused-ring (bicyclic) bond motifs is 1. The minimum Gasteiger partial charge on any atom is -0.378 e. The van der Waals surface area contributed by atoms with Crippen LogP contribution in [0.1, 0.15) is 5.69 Å². The van der Waals surface area contributed by atoms with Crippen LogP contribution in [-0.2, 0) is 11.8 Å². The predicted octanol–water partition coefficient (Wildman–Crippen LogP) is 4.31. The van der Waals surface area contributed by atoms with Crippen LogP contribution in [0.4, 0.5) is 17.5 Å². The zero-order chi connectivity index (χ0) is 23.8. The highest BCUT2D eigenvalue weighted by molar-refractivity contribution is 5.86. The first kappa shape index (κ1) is 21.3. The van der Waals surface area contributed by atoms with Gasteiger partial charge in [0.2, 0.25) is 5.95 Å². The Balaban J connectivity index is 1.37. The van der Waals surface area contributed by atoms with E-state index >= 15 is 0 Å². The molecule has 6 rings (SSSR count). The molecule has 9 nitrogen and oxygen atoms in total. The van der Waals surface area contributed by atoms with Crippen molar-refractivity contribution in [2.45, 2.75) is 6.92 Å². The van der Waals surface area contributed by atoms with Crippen molar-refractivity contribution < 1.29 is 4.74 Å². The fourth-order valence-corrected chi connectivity index (χ4v) is 4.43. The Hall–Kier alpha value is -4.24. The molecule has 4 heterocycles. The molecule has 0 bridgehead atoms. The van der Waals surface area contributed by atoms with E-state index in [0.717, 1.165) is 63.8 Å². The molecule has 9 heteroatoms. The first-order chi connectivity index (χ1) is 17.1. The molecule has 1 saturated heterocycles. The quantitative estimate of drug-likeness (QED) is 0.398. The van der Waals surface area contributed by atoms with Crippen LogP contribution in [0.25, 0.3) is 33.5 Å². The van der Waals surface area contributed by atoms with E-state index in [0.29, 0.717) is 19.2 Å². The third-order valence-corrected chi connectivity index (χ3v) is 6.27. The number of nitrogens with zero attached hydrogens (tertiary/aromatic N) is 6. The third-order valence-electron chi connectivity index (χ3n) is 6.27. The van der Waals surface area contributed by atoms with Crippen LogP contribution in [-0.4, -0.2) is 56.0 Å². The molecule has 3 aromatic heterocycles. The lowest BCUT2D eigenvalue weighted by Gasteiger charge is -2.27. The van der Waals surface area contributed by atoms with E-state index in [4.69, 9.17) is 14.7 Å². The number of morpholine rings is 1. The average Bonchev–Trinajstić information content (AvgIpc) is 3.53. The summed E-state index contributed by atoms with van der Waals surface area (Å²) >= 11 is 0. The van der Waals surface area contributed by atoms with Crippen LogP contribution in [0.3, 0.4) is 0 Å². The summed E-state index contributed by atoms with van der Waals surface area (Å²) in [5.41, 5.74) is 5.94. The van der Waals surface area contributed by atoms with Crippen molar-refractivity contribution >= 4 is 28.4 Å². The van der Waals surface area contributed by atoms with E-state index in [1.807, 2.05) is 55.2 Å². The van der Waals surface area contributed by atoms with Gasteiger partial charge in [-0.05, 0) is 37.3 Å². The summed E-state index contributed by atoms with van der Waals surface area (Å²) in [4.78, 5) is 19.4. The minimum absolute atomic E-state index is 0.671. The summed E-state index contributed by atoms with van der Waals surface area (Å²) < 4.78 is 7.45. The van der Waals surface area contributed by atoms with Crippen LogP contribution in [0.2, 0.25) is 0 Å². The van der Waals surface area contributed by atoms with Gasteiger partial charge in [0, 0.05) is 60.8 Å². The molecule has 1 aliphatic heterocycles. The lowest BCUT2D eigenvalue weighted by atomic mass is 10.1. The van der Waals surface area contributed by atoms with Crippen LogP contribution in [0.5, 0.6) is 0 Å². The van der Waals surface area contributed by atoms with Crippen molar-refractivity contribution in [2.24, 2.45) is 7.05 Å². The van der Waals surface area contributed by atoms with Gasteiger partial charge in [-0.3, -0.25) is 4.68 Å². The van der Waals surface area contributed by atoms with Gasteiger partial charge in [-0.15, -0.1) is 0 Å². The predicted molar refractivity (Wildman–Crippen MR) is 137 cm³/mol. The minimum atomic E-state index is 0.671.